The highest BCUT2D eigenvalue weighted by Crippen LogP contribution is 2.08. The number of rotatable bonds is 4. The van der Waals surface area contributed by atoms with E-state index in [0.717, 1.165) is 0 Å². The summed E-state index contributed by atoms with van der Waals surface area (Å²) in [7, 11) is 0. The first-order chi connectivity index (χ1) is 8.79. The summed E-state index contributed by atoms with van der Waals surface area (Å²) < 4.78 is 1.67. The van der Waals surface area contributed by atoms with E-state index < -0.39 is 0 Å². The monoisotopic (exact) mass is 244 g/mol. The Bertz CT molecular complexity index is 519. The smallest absolute Gasteiger partial charge is 0.319 e. The zero-order valence-corrected chi connectivity index (χ0v) is 9.58. The predicted octanol–water partition coefficient (Wildman–Crippen LogP) is 0.970. The molecular formula is C11H12N6O. The van der Waals surface area contributed by atoms with Crippen molar-refractivity contribution in [2.24, 2.45) is 0 Å². The molecule has 0 aromatic carbocycles. The summed E-state index contributed by atoms with van der Waals surface area (Å²) in [5.74, 6) is 0.678. The number of pyridine rings is 1. The molecule has 0 saturated carbocycles. The second-order valence-electron chi connectivity index (χ2n) is 3.40. The Kier molecular flexibility index (Phi) is 3.65. The topological polar surface area (TPSA) is 84.7 Å². The lowest BCUT2D eigenvalue weighted by molar-refractivity contribution is 0.253. The van der Waals surface area contributed by atoms with Crippen LogP contribution in [0.5, 0.6) is 0 Å². The number of amides is 2. The zero-order chi connectivity index (χ0) is 12.8. The quantitative estimate of drug-likeness (QED) is 0.785. The van der Waals surface area contributed by atoms with Gasteiger partial charge in [0.15, 0.2) is 0 Å². The van der Waals surface area contributed by atoms with Crippen LogP contribution in [0.3, 0.4) is 0 Å². The molecule has 2 amide bonds. The molecule has 2 rings (SSSR count). The van der Waals surface area contributed by atoms with E-state index in [0.29, 0.717) is 18.1 Å². The van der Waals surface area contributed by atoms with Crippen LogP contribution in [0.15, 0.2) is 43.6 Å². The Morgan fingerprint density at radius 1 is 1.39 bits per heavy atom. The second-order valence-corrected chi connectivity index (χ2v) is 3.40. The molecule has 0 atom stereocenters. The van der Waals surface area contributed by atoms with Crippen LogP contribution in [-0.2, 0) is 0 Å². The van der Waals surface area contributed by atoms with Crippen LogP contribution < -0.4 is 10.6 Å². The molecule has 0 radical (unpaired) electrons. The van der Waals surface area contributed by atoms with Gasteiger partial charge >= 0.3 is 6.03 Å². The Labute approximate surface area is 104 Å². The number of carbonyl (C=O) groups is 1. The average Bonchev–Trinajstić information content (AvgIpc) is 2.91. The van der Waals surface area contributed by atoms with Crippen molar-refractivity contribution in [1.82, 2.24) is 25.1 Å². The van der Waals surface area contributed by atoms with Gasteiger partial charge < -0.3 is 10.6 Å². The lowest BCUT2D eigenvalue weighted by Crippen LogP contribution is -2.28. The van der Waals surface area contributed by atoms with Gasteiger partial charge in [-0.05, 0) is 12.1 Å². The minimum absolute atomic E-state index is 0.297. The van der Waals surface area contributed by atoms with E-state index in [1.165, 1.54) is 0 Å². The molecule has 2 aromatic rings. The molecule has 0 aliphatic rings. The van der Waals surface area contributed by atoms with Gasteiger partial charge in [0.25, 0.3) is 0 Å². The summed E-state index contributed by atoms with van der Waals surface area (Å²) >= 11 is 0. The van der Waals surface area contributed by atoms with E-state index in [2.05, 4.69) is 32.4 Å². The Balaban J connectivity index is 2.00. The lowest BCUT2D eigenvalue weighted by atomic mass is 10.4. The zero-order valence-electron chi connectivity index (χ0n) is 9.58. The second kappa shape index (κ2) is 5.58. The molecular weight excluding hydrogens is 232 g/mol. The summed E-state index contributed by atoms with van der Waals surface area (Å²) in [6.07, 6.45) is 6.26. The third-order valence-electron chi connectivity index (χ3n) is 2.10. The fourth-order valence-corrected chi connectivity index (χ4v) is 1.27. The molecule has 0 unspecified atom stereocenters. The number of nitrogens with one attached hydrogen (secondary N) is 2. The van der Waals surface area contributed by atoms with E-state index in [9.17, 15) is 4.79 Å². The molecule has 7 heteroatoms. The van der Waals surface area contributed by atoms with E-state index in [4.69, 9.17) is 0 Å². The predicted molar refractivity (Wildman–Crippen MR) is 66.4 cm³/mol. The third-order valence-corrected chi connectivity index (χ3v) is 2.10. The highest BCUT2D eigenvalue weighted by Gasteiger charge is 2.01. The van der Waals surface area contributed by atoms with Crippen LogP contribution in [0.4, 0.5) is 10.5 Å². The van der Waals surface area contributed by atoms with Crippen LogP contribution >= 0.6 is 0 Å². The summed E-state index contributed by atoms with van der Waals surface area (Å²) in [6, 6.07) is 3.20. The molecule has 2 heterocycles. The van der Waals surface area contributed by atoms with Crippen LogP contribution in [-0.4, -0.2) is 32.3 Å². The largest absolute Gasteiger partial charge is 0.334 e. The maximum absolute atomic E-state index is 11.4. The van der Waals surface area contributed by atoms with Crippen molar-refractivity contribution < 1.29 is 4.79 Å². The molecule has 92 valence electrons. The first-order valence-electron chi connectivity index (χ1n) is 5.26. The number of anilines is 1. The van der Waals surface area contributed by atoms with Gasteiger partial charge in [0.2, 0.25) is 0 Å². The highest BCUT2D eigenvalue weighted by molar-refractivity contribution is 5.89. The number of urea groups is 1. The van der Waals surface area contributed by atoms with E-state index in [1.54, 1.807) is 41.6 Å². The van der Waals surface area contributed by atoms with Crippen LogP contribution in [0.2, 0.25) is 0 Å². The molecule has 2 aromatic heterocycles. The van der Waals surface area contributed by atoms with Gasteiger partial charge in [-0.25, -0.2) is 9.78 Å². The van der Waals surface area contributed by atoms with Crippen molar-refractivity contribution in [3.8, 4) is 5.82 Å². The number of carbonyl (C=O) groups excluding carboxylic acids is 1. The maximum Gasteiger partial charge on any atom is 0.319 e. The molecule has 0 aliphatic heterocycles. The minimum Gasteiger partial charge on any atom is -0.334 e. The first-order valence-corrected chi connectivity index (χ1v) is 5.26. The standard InChI is InChI=1S/C11H12N6O/c1-2-5-12-11(18)16-9-3-4-10(13-6-9)17-7-14-15-8-17/h2-4,6-8H,1,5H2,(H2,12,16,18). The van der Waals surface area contributed by atoms with Gasteiger partial charge in [-0.1, -0.05) is 6.08 Å². The van der Waals surface area contributed by atoms with Gasteiger partial charge in [0.05, 0.1) is 11.9 Å². The summed E-state index contributed by atoms with van der Waals surface area (Å²) in [4.78, 5) is 15.5. The minimum atomic E-state index is -0.297. The number of aromatic nitrogens is 4. The lowest BCUT2D eigenvalue weighted by Gasteiger charge is -2.06. The van der Waals surface area contributed by atoms with Gasteiger partial charge in [-0.3, -0.25) is 4.57 Å². The SMILES string of the molecule is C=CCNC(=O)Nc1ccc(-n2cnnc2)nc1. The molecule has 7 nitrogen and oxygen atoms in total. The van der Waals surface area contributed by atoms with Crippen molar-refractivity contribution in [2.45, 2.75) is 0 Å². The molecule has 0 spiro atoms. The Morgan fingerprint density at radius 3 is 2.78 bits per heavy atom. The molecule has 18 heavy (non-hydrogen) atoms. The van der Waals surface area contributed by atoms with Crippen molar-refractivity contribution in [3.05, 3.63) is 43.6 Å². The number of nitrogens with zero attached hydrogens (tertiary/aromatic N) is 4. The first kappa shape index (κ1) is 11.8. The van der Waals surface area contributed by atoms with E-state index >= 15 is 0 Å². The highest BCUT2D eigenvalue weighted by atomic mass is 16.2. The van der Waals surface area contributed by atoms with Crippen LogP contribution in [0, 0.1) is 0 Å². The Morgan fingerprint density at radius 2 is 2.17 bits per heavy atom. The van der Waals surface area contributed by atoms with Crippen LogP contribution in [0.25, 0.3) is 5.82 Å². The van der Waals surface area contributed by atoms with Crippen molar-refractivity contribution in [2.75, 3.05) is 11.9 Å². The van der Waals surface area contributed by atoms with Crippen LogP contribution in [0.1, 0.15) is 0 Å². The van der Waals surface area contributed by atoms with E-state index in [-0.39, 0.29) is 6.03 Å². The molecule has 0 fully saturated rings. The molecule has 0 saturated heterocycles. The van der Waals surface area contributed by atoms with E-state index in [1.807, 2.05) is 0 Å². The van der Waals surface area contributed by atoms with Gasteiger partial charge in [0, 0.05) is 6.54 Å². The molecule has 2 N–H and O–H groups in total. The van der Waals surface area contributed by atoms with Crippen molar-refractivity contribution in [3.63, 3.8) is 0 Å². The van der Waals surface area contributed by atoms with Gasteiger partial charge in [-0.15, -0.1) is 16.8 Å². The van der Waals surface area contributed by atoms with Crippen molar-refractivity contribution in [1.29, 1.82) is 0 Å². The summed E-state index contributed by atoms with van der Waals surface area (Å²) in [5.41, 5.74) is 0.605. The number of hydrogen-bond acceptors (Lipinski definition) is 4. The fraction of sp³-hybridized carbons (Fsp3) is 0.0909. The summed E-state index contributed by atoms with van der Waals surface area (Å²) in [6.45, 7) is 3.93. The maximum atomic E-state index is 11.4. The Hall–Kier alpha value is -2.70. The fourth-order valence-electron chi connectivity index (χ4n) is 1.27. The number of hydrogen-bond donors (Lipinski definition) is 2. The third kappa shape index (κ3) is 2.91. The average molecular weight is 244 g/mol. The molecule has 0 bridgehead atoms. The van der Waals surface area contributed by atoms with Gasteiger partial charge in [0.1, 0.15) is 18.5 Å². The molecule has 0 aliphatic carbocycles. The van der Waals surface area contributed by atoms with Crippen molar-refractivity contribution >= 4 is 11.7 Å². The normalized spacial score (nSPS) is 9.78. The summed E-state index contributed by atoms with van der Waals surface area (Å²) in [5, 5.41) is 12.6. The van der Waals surface area contributed by atoms with Gasteiger partial charge in [-0.2, -0.15) is 0 Å².